The van der Waals surface area contributed by atoms with E-state index in [4.69, 9.17) is 16.3 Å². The monoisotopic (exact) mass is 456 g/mol. The molecule has 0 aliphatic carbocycles. The molecule has 1 heterocycles. The molecule has 0 saturated heterocycles. The number of carbonyl (C=O) groups is 1. The highest BCUT2D eigenvalue weighted by Crippen LogP contribution is 2.35. The second kappa shape index (κ2) is 8.99. The van der Waals surface area contributed by atoms with Gasteiger partial charge in [-0.2, -0.15) is 0 Å². The lowest BCUT2D eigenvalue weighted by Gasteiger charge is -2.34. The first kappa shape index (κ1) is 21.2. The molecule has 31 heavy (non-hydrogen) atoms. The SMILES string of the molecule is O=C(NCc1ccc(Cl)cc1)C1CN(S(=O)(=O)Cc2ccccc2)c2ccccc2O1. The minimum absolute atomic E-state index is 0.0986. The van der Waals surface area contributed by atoms with Gasteiger partial charge in [0.05, 0.1) is 18.0 Å². The Hall–Kier alpha value is -3.03. The molecule has 0 bridgehead atoms. The van der Waals surface area contributed by atoms with Crippen molar-refractivity contribution in [3.63, 3.8) is 0 Å². The van der Waals surface area contributed by atoms with Crippen molar-refractivity contribution < 1.29 is 17.9 Å². The number of para-hydroxylation sites is 2. The molecule has 3 aromatic carbocycles. The van der Waals surface area contributed by atoms with Gasteiger partial charge in [0.1, 0.15) is 5.75 Å². The summed E-state index contributed by atoms with van der Waals surface area (Å²) in [6.45, 7) is 0.187. The van der Waals surface area contributed by atoms with Crippen LogP contribution in [-0.2, 0) is 27.1 Å². The number of halogens is 1. The number of nitrogens with one attached hydrogen (secondary N) is 1. The number of nitrogens with zero attached hydrogens (tertiary/aromatic N) is 1. The molecule has 1 atom stereocenters. The molecule has 0 saturated carbocycles. The van der Waals surface area contributed by atoms with Gasteiger partial charge in [0, 0.05) is 11.6 Å². The number of fused-ring (bicyclic) bond motifs is 1. The summed E-state index contributed by atoms with van der Waals surface area (Å²) in [6, 6.07) is 22.9. The quantitative estimate of drug-likeness (QED) is 0.613. The summed E-state index contributed by atoms with van der Waals surface area (Å²) in [5, 5.41) is 3.42. The molecule has 6 nitrogen and oxygen atoms in total. The molecule has 1 amide bonds. The van der Waals surface area contributed by atoms with Crippen LogP contribution in [0.5, 0.6) is 5.75 Å². The Kier molecular flexibility index (Phi) is 6.15. The third-order valence-electron chi connectivity index (χ3n) is 4.93. The van der Waals surface area contributed by atoms with Crippen LogP contribution in [0.2, 0.25) is 5.02 Å². The highest BCUT2D eigenvalue weighted by Gasteiger charge is 2.36. The predicted octanol–water partition coefficient (Wildman–Crippen LogP) is 3.75. The normalized spacial score (nSPS) is 15.6. The van der Waals surface area contributed by atoms with E-state index in [1.54, 1.807) is 60.7 Å². The lowest BCUT2D eigenvalue weighted by Crippen LogP contribution is -2.50. The third-order valence-corrected chi connectivity index (χ3v) is 6.90. The maximum atomic E-state index is 13.2. The average molecular weight is 457 g/mol. The second-order valence-corrected chi connectivity index (χ2v) is 9.52. The van der Waals surface area contributed by atoms with E-state index in [1.807, 2.05) is 18.2 Å². The fraction of sp³-hybridized carbons (Fsp3) is 0.174. The van der Waals surface area contributed by atoms with Crippen LogP contribution >= 0.6 is 11.6 Å². The number of ether oxygens (including phenoxy) is 1. The van der Waals surface area contributed by atoms with Gasteiger partial charge in [-0.15, -0.1) is 0 Å². The van der Waals surface area contributed by atoms with Gasteiger partial charge in [0.2, 0.25) is 10.0 Å². The molecule has 160 valence electrons. The number of hydrogen-bond acceptors (Lipinski definition) is 4. The molecule has 0 radical (unpaired) electrons. The van der Waals surface area contributed by atoms with E-state index >= 15 is 0 Å². The molecule has 1 N–H and O–H groups in total. The van der Waals surface area contributed by atoms with Crippen LogP contribution in [0.15, 0.2) is 78.9 Å². The van der Waals surface area contributed by atoms with Gasteiger partial charge in [0.25, 0.3) is 5.91 Å². The summed E-state index contributed by atoms with van der Waals surface area (Å²) in [4.78, 5) is 12.8. The van der Waals surface area contributed by atoms with Crippen molar-refractivity contribution in [1.29, 1.82) is 0 Å². The van der Waals surface area contributed by atoms with E-state index in [9.17, 15) is 13.2 Å². The number of anilines is 1. The minimum Gasteiger partial charge on any atom is -0.476 e. The van der Waals surface area contributed by atoms with Crippen molar-refractivity contribution in [2.75, 3.05) is 10.8 Å². The van der Waals surface area contributed by atoms with Crippen molar-refractivity contribution >= 4 is 33.2 Å². The molecule has 1 aliphatic rings. The van der Waals surface area contributed by atoms with Crippen molar-refractivity contribution in [2.45, 2.75) is 18.4 Å². The first-order chi connectivity index (χ1) is 14.9. The first-order valence-corrected chi connectivity index (χ1v) is 11.7. The van der Waals surface area contributed by atoms with Crippen LogP contribution in [0.25, 0.3) is 0 Å². The van der Waals surface area contributed by atoms with Gasteiger partial charge in [0.15, 0.2) is 6.10 Å². The van der Waals surface area contributed by atoms with Crippen LogP contribution in [0.3, 0.4) is 0 Å². The molecule has 1 aliphatic heterocycles. The lowest BCUT2D eigenvalue weighted by molar-refractivity contribution is -0.127. The zero-order valence-electron chi connectivity index (χ0n) is 16.6. The Bertz CT molecular complexity index is 1170. The third kappa shape index (κ3) is 5.00. The lowest BCUT2D eigenvalue weighted by atomic mass is 10.2. The zero-order valence-corrected chi connectivity index (χ0v) is 18.1. The number of sulfonamides is 1. The molecule has 8 heteroatoms. The van der Waals surface area contributed by atoms with Crippen LogP contribution in [0.1, 0.15) is 11.1 Å². The standard InChI is InChI=1S/C23H21ClN2O4S/c24-19-12-10-17(11-13-19)14-25-23(27)22-15-26(20-8-4-5-9-21(20)30-22)31(28,29)16-18-6-2-1-3-7-18/h1-13,22H,14-16H2,(H,25,27). The molecule has 1 unspecified atom stereocenters. The molecular weight excluding hydrogens is 436 g/mol. The van der Waals surface area contributed by atoms with Gasteiger partial charge in [-0.25, -0.2) is 8.42 Å². The maximum Gasteiger partial charge on any atom is 0.263 e. The van der Waals surface area contributed by atoms with Crippen molar-refractivity contribution in [3.05, 3.63) is 95.0 Å². The van der Waals surface area contributed by atoms with Crippen molar-refractivity contribution in [3.8, 4) is 5.75 Å². The number of benzene rings is 3. The molecule has 4 rings (SSSR count). The second-order valence-electron chi connectivity index (χ2n) is 7.19. The van der Waals surface area contributed by atoms with Gasteiger partial charge >= 0.3 is 0 Å². The maximum absolute atomic E-state index is 13.2. The highest BCUT2D eigenvalue weighted by molar-refractivity contribution is 7.92. The fourth-order valence-electron chi connectivity index (χ4n) is 3.37. The summed E-state index contributed by atoms with van der Waals surface area (Å²) < 4.78 is 33.6. The number of rotatable bonds is 6. The predicted molar refractivity (Wildman–Crippen MR) is 121 cm³/mol. The smallest absolute Gasteiger partial charge is 0.263 e. The van der Waals surface area contributed by atoms with E-state index in [1.165, 1.54) is 4.31 Å². The Morgan fingerprint density at radius 1 is 0.968 bits per heavy atom. The molecule has 0 fully saturated rings. The summed E-state index contributed by atoms with van der Waals surface area (Å²) in [5.74, 6) is -0.192. The Morgan fingerprint density at radius 2 is 1.65 bits per heavy atom. The Morgan fingerprint density at radius 3 is 2.39 bits per heavy atom. The number of carbonyl (C=O) groups excluding carboxylic acids is 1. The summed E-state index contributed by atoms with van der Waals surface area (Å²) in [5.41, 5.74) is 1.98. The fourth-order valence-corrected chi connectivity index (χ4v) is 5.08. The topological polar surface area (TPSA) is 75.7 Å². The van der Waals surface area contributed by atoms with Crippen LogP contribution < -0.4 is 14.4 Å². The van der Waals surface area contributed by atoms with Crippen molar-refractivity contribution in [2.24, 2.45) is 0 Å². The highest BCUT2D eigenvalue weighted by atomic mass is 35.5. The molecular formula is C23H21ClN2O4S. The zero-order chi connectivity index (χ0) is 21.8. The molecule has 0 spiro atoms. The first-order valence-electron chi connectivity index (χ1n) is 9.74. The molecule has 0 aromatic heterocycles. The number of hydrogen-bond donors (Lipinski definition) is 1. The molecule has 3 aromatic rings. The number of amides is 1. The van der Waals surface area contributed by atoms with E-state index in [2.05, 4.69) is 5.32 Å². The van der Waals surface area contributed by atoms with E-state index < -0.39 is 16.1 Å². The largest absolute Gasteiger partial charge is 0.476 e. The van der Waals surface area contributed by atoms with Crippen LogP contribution in [0.4, 0.5) is 5.69 Å². The van der Waals surface area contributed by atoms with Crippen LogP contribution in [-0.4, -0.2) is 27.0 Å². The minimum atomic E-state index is -3.73. The van der Waals surface area contributed by atoms with E-state index in [-0.39, 0.29) is 24.7 Å². The average Bonchev–Trinajstić information content (AvgIpc) is 2.78. The van der Waals surface area contributed by atoms with Gasteiger partial charge < -0.3 is 10.1 Å². The summed E-state index contributed by atoms with van der Waals surface area (Å²) >= 11 is 5.89. The van der Waals surface area contributed by atoms with E-state index in [0.29, 0.717) is 22.0 Å². The Balaban J connectivity index is 1.53. The van der Waals surface area contributed by atoms with E-state index in [0.717, 1.165) is 5.56 Å². The van der Waals surface area contributed by atoms with Gasteiger partial charge in [-0.3, -0.25) is 9.10 Å². The summed E-state index contributed by atoms with van der Waals surface area (Å²) in [6.07, 6.45) is -0.965. The van der Waals surface area contributed by atoms with Crippen molar-refractivity contribution in [1.82, 2.24) is 5.32 Å². The van der Waals surface area contributed by atoms with Crippen LogP contribution in [0, 0.1) is 0 Å². The van der Waals surface area contributed by atoms with Gasteiger partial charge in [-0.05, 0) is 35.4 Å². The Labute approximate surface area is 186 Å². The summed E-state index contributed by atoms with van der Waals surface area (Å²) in [7, 11) is -3.73. The van der Waals surface area contributed by atoms with Gasteiger partial charge in [-0.1, -0.05) is 66.2 Å².